The van der Waals surface area contributed by atoms with E-state index >= 15 is 0 Å². The van der Waals surface area contributed by atoms with E-state index in [1.807, 2.05) is 22.7 Å². The first-order valence-corrected chi connectivity index (χ1v) is 11.7. The fraction of sp³-hybridized carbons (Fsp3) is 0.619. The Balaban J connectivity index is 0.00000420. The maximum absolute atomic E-state index is 12.5. The summed E-state index contributed by atoms with van der Waals surface area (Å²) in [7, 11) is 0. The minimum absolute atomic E-state index is 0. The molecule has 1 amide bonds. The van der Waals surface area contributed by atoms with E-state index in [9.17, 15) is 4.79 Å². The number of para-hydroxylation sites is 1. The van der Waals surface area contributed by atoms with Crippen LogP contribution in [0.4, 0.5) is 5.69 Å². The molecule has 1 saturated heterocycles. The van der Waals surface area contributed by atoms with Crippen LogP contribution < -0.4 is 15.5 Å². The summed E-state index contributed by atoms with van der Waals surface area (Å²) >= 11 is 1.88. The Bertz CT molecular complexity index is 594. The number of piperazine rings is 1. The van der Waals surface area contributed by atoms with E-state index in [2.05, 4.69) is 58.0 Å². The Kier molecular flexibility index (Phi) is 14.0. The molecule has 0 unspecified atom stereocenters. The summed E-state index contributed by atoms with van der Waals surface area (Å²) in [6, 6.07) is 10.4. The Hall–Kier alpha value is -1.16. The number of guanidine groups is 1. The molecule has 2 rings (SSSR count). The lowest BCUT2D eigenvalue weighted by Gasteiger charge is -2.36. The first kappa shape index (κ1) is 25.9. The number of halogens is 1. The Labute approximate surface area is 197 Å². The van der Waals surface area contributed by atoms with Crippen molar-refractivity contribution in [2.24, 2.45) is 4.99 Å². The molecular weight excluding hydrogens is 497 g/mol. The maximum atomic E-state index is 12.5. The highest BCUT2D eigenvalue weighted by molar-refractivity contribution is 14.0. The monoisotopic (exact) mass is 533 g/mol. The fourth-order valence-corrected chi connectivity index (χ4v) is 3.68. The number of carbonyl (C=O) groups is 1. The van der Waals surface area contributed by atoms with Crippen molar-refractivity contribution in [3.05, 3.63) is 30.3 Å². The maximum Gasteiger partial charge on any atom is 0.224 e. The van der Waals surface area contributed by atoms with Gasteiger partial charge in [0.1, 0.15) is 0 Å². The van der Waals surface area contributed by atoms with Crippen LogP contribution in [0.2, 0.25) is 0 Å². The van der Waals surface area contributed by atoms with E-state index in [1.54, 1.807) is 0 Å². The molecule has 0 aromatic heterocycles. The number of benzene rings is 1. The smallest absolute Gasteiger partial charge is 0.224 e. The SMILES string of the molecule is CCNC(=NCCCCSC)NCCC(=O)N1CCN(c2ccccc2)CC1.I. The standard InChI is InChI=1S/C21H35N5OS.HI/c1-3-22-21(23-12-7-8-18-28-2)24-13-11-20(27)26-16-14-25(15-17-26)19-9-5-4-6-10-19;/h4-6,9-10H,3,7-8,11-18H2,1-2H3,(H2,22,23,24);1H. The third-order valence-electron chi connectivity index (χ3n) is 4.76. The van der Waals surface area contributed by atoms with Gasteiger partial charge in [0.15, 0.2) is 5.96 Å². The molecular formula is C21H36IN5OS. The highest BCUT2D eigenvalue weighted by Crippen LogP contribution is 2.15. The number of unbranched alkanes of at least 4 members (excludes halogenated alkanes) is 1. The summed E-state index contributed by atoms with van der Waals surface area (Å²) in [6.07, 6.45) is 4.93. The van der Waals surface area contributed by atoms with Gasteiger partial charge < -0.3 is 20.4 Å². The second kappa shape index (κ2) is 15.6. The van der Waals surface area contributed by atoms with Gasteiger partial charge in [0.05, 0.1) is 0 Å². The van der Waals surface area contributed by atoms with Crippen LogP contribution in [0.1, 0.15) is 26.2 Å². The molecule has 0 bridgehead atoms. The molecule has 1 aliphatic rings. The lowest BCUT2D eigenvalue weighted by atomic mass is 10.2. The molecule has 1 aliphatic heterocycles. The van der Waals surface area contributed by atoms with Gasteiger partial charge in [-0.15, -0.1) is 24.0 Å². The van der Waals surface area contributed by atoms with Crippen molar-refractivity contribution in [1.82, 2.24) is 15.5 Å². The Morgan fingerprint density at radius 3 is 2.48 bits per heavy atom. The molecule has 1 fully saturated rings. The number of amides is 1. The van der Waals surface area contributed by atoms with Crippen molar-refractivity contribution in [2.75, 3.05) is 62.7 Å². The minimum Gasteiger partial charge on any atom is -0.368 e. The van der Waals surface area contributed by atoms with E-state index < -0.39 is 0 Å². The average Bonchev–Trinajstić information content (AvgIpc) is 2.74. The van der Waals surface area contributed by atoms with Crippen molar-refractivity contribution < 1.29 is 4.79 Å². The van der Waals surface area contributed by atoms with Gasteiger partial charge in [0.25, 0.3) is 0 Å². The number of nitrogens with zero attached hydrogens (tertiary/aromatic N) is 3. The second-order valence-corrected chi connectivity index (χ2v) is 7.83. The zero-order valence-corrected chi connectivity index (χ0v) is 20.9. The molecule has 6 nitrogen and oxygen atoms in total. The van der Waals surface area contributed by atoms with Crippen LogP contribution in [-0.4, -0.2) is 74.6 Å². The molecule has 0 atom stereocenters. The van der Waals surface area contributed by atoms with Crippen LogP contribution in [0.25, 0.3) is 0 Å². The third kappa shape index (κ3) is 9.93. The number of carbonyl (C=O) groups excluding carboxylic acids is 1. The summed E-state index contributed by atoms with van der Waals surface area (Å²) in [5.74, 6) is 2.22. The number of nitrogens with one attached hydrogen (secondary N) is 2. The van der Waals surface area contributed by atoms with Gasteiger partial charge in [-0.1, -0.05) is 18.2 Å². The average molecular weight is 534 g/mol. The summed E-state index contributed by atoms with van der Waals surface area (Å²) in [5.41, 5.74) is 1.24. The quantitative estimate of drug-likeness (QED) is 0.210. The van der Waals surface area contributed by atoms with Crippen LogP contribution in [0, 0.1) is 0 Å². The minimum atomic E-state index is 0. The molecule has 1 heterocycles. The summed E-state index contributed by atoms with van der Waals surface area (Å²) in [6.45, 7) is 7.69. The molecule has 0 spiro atoms. The normalized spacial score (nSPS) is 14.3. The molecule has 8 heteroatoms. The first-order valence-electron chi connectivity index (χ1n) is 10.3. The molecule has 0 saturated carbocycles. The van der Waals surface area contributed by atoms with Crippen molar-refractivity contribution in [2.45, 2.75) is 26.2 Å². The van der Waals surface area contributed by atoms with Gasteiger partial charge in [-0.05, 0) is 43.9 Å². The van der Waals surface area contributed by atoms with Crippen molar-refractivity contribution in [3.63, 3.8) is 0 Å². The molecule has 0 aliphatic carbocycles. The van der Waals surface area contributed by atoms with Crippen LogP contribution >= 0.6 is 35.7 Å². The predicted molar refractivity (Wildman–Crippen MR) is 137 cm³/mol. The van der Waals surface area contributed by atoms with Crippen LogP contribution in [-0.2, 0) is 4.79 Å². The first-order chi connectivity index (χ1) is 13.7. The van der Waals surface area contributed by atoms with E-state index in [0.717, 1.165) is 51.6 Å². The van der Waals surface area contributed by atoms with Gasteiger partial charge in [-0.25, -0.2) is 0 Å². The van der Waals surface area contributed by atoms with E-state index in [4.69, 9.17) is 0 Å². The molecule has 164 valence electrons. The van der Waals surface area contributed by atoms with Gasteiger partial charge >= 0.3 is 0 Å². The van der Waals surface area contributed by atoms with E-state index in [1.165, 1.54) is 17.9 Å². The number of hydrogen-bond donors (Lipinski definition) is 2. The number of anilines is 1. The van der Waals surface area contributed by atoms with Gasteiger partial charge in [-0.3, -0.25) is 9.79 Å². The zero-order valence-electron chi connectivity index (χ0n) is 17.7. The molecule has 1 aromatic carbocycles. The summed E-state index contributed by atoms with van der Waals surface area (Å²) in [4.78, 5) is 21.4. The van der Waals surface area contributed by atoms with E-state index in [0.29, 0.717) is 13.0 Å². The van der Waals surface area contributed by atoms with Gasteiger partial charge in [0.2, 0.25) is 5.91 Å². The number of rotatable bonds is 10. The van der Waals surface area contributed by atoms with Crippen LogP contribution in [0.15, 0.2) is 35.3 Å². The Morgan fingerprint density at radius 2 is 1.83 bits per heavy atom. The van der Waals surface area contributed by atoms with Crippen molar-refractivity contribution >= 4 is 53.3 Å². The molecule has 2 N–H and O–H groups in total. The molecule has 0 radical (unpaired) electrons. The molecule has 29 heavy (non-hydrogen) atoms. The highest BCUT2D eigenvalue weighted by Gasteiger charge is 2.20. The largest absolute Gasteiger partial charge is 0.368 e. The van der Waals surface area contributed by atoms with E-state index in [-0.39, 0.29) is 29.9 Å². The Morgan fingerprint density at radius 1 is 1.10 bits per heavy atom. The number of aliphatic imine (C=N–C) groups is 1. The lowest BCUT2D eigenvalue weighted by molar-refractivity contribution is -0.131. The van der Waals surface area contributed by atoms with Gasteiger partial charge in [-0.2, -0.15) is 11.8 Å². The van der Waals surface area contributed by atoms with Crippen LogP contribution in [0.3, 0.4) is 0 Å². The van der Waals surface area contributed by atoms with Crippen molar-refractivity contribution in [1.29, 1.82) is 0 Å². The summed E-state index contributed by atoms with van der Waals surface area (Å²) < 4.78 is 0. The van der Waals surface area contributed by atoms with Crippen LogP contribution in [0.5, 0.6) is 0 Å². The zero-order chi connectivity index (χ0) is 20.0. The highest BCUT2D eigenvalue weighted by atomic mass is 127. The fourth-order valence-electron chi connectivity index (χ4n) is 3.19. The molecule has 1 aromatic rings. The van der Waals surface area contributed by atoms with Gasteiger partial charge in [0, 0.05) is 57.9 Å². The third-order valence-corrected chi connectivity index (χ3v) is 5.45. The topological polar surface area (TPSA) is 60.0 Å². The van der Waals surface area contributed by atoms with Crippen molar-refractivity contribution in [3.8, 4) is 0 Å². The number of thioether (sulfide) groups is 1. The second-order valence-electron chi connectivity index (χ2n) is 6.84. The number of hydrogen-bond acceptors (Lipinski definition) is 4. The lowest BCUT2D eigenvalue weighted by Crippen LogP contribution is -2.49. The predicted octanol–water partition coefficient (Wildman–Crippen LogP) is 3.04. The summed E-state index contributed by atoms with van der Waals surface area (Å²) in [5, 5.41) is 6.54.